The Labute approximate surface area is 122 Å². The smallest absolute Gasteiger partial charge is 0.270 e. The summed E-state index contributed by atoms with van der Waals surface area (Å²) in [5, 5.41) is 13.4. The summed E-state index contributed by atoms with van der Waals surface area (Å²) >= 11 is 5.45. The summed E-state index contributed by atoms with van der Waals surface area (Å²) in [4.78, 5) is 22.1. The summed E-state index contributed by atoms with van der Waals surface area (Å²) < 4.78 is 5.17. The number of nitrogens with zero attached hydrogens (tertiary/aromatic N) is 1. The van der Waals surface area contributed by atoms with Gasteiger partial charge in [0, 0.05) is 36.7 Å². The molecule has 1 amide bonds. The van der Waals surface area contributed by atoms with Crippen LogP contribution in [0, 0.1) is 17.0 Å². The van der Waals surface area contributed by atoms with Crippen LogP contribution in [0.1, 0.15) is 22.3 Å². The minimum absolute atomic E-state index is 0.0915. The molecule has 0 aliphatic carbocycles. The van der Waals surface area contributed by atoms with Gasteiger partial charge in [-0.05, 0) is 18.9 Å². The predicted molar refractivity (Wildman–Crippen MR) is 76.3 cm³/mol. The van der Waals surface area contributed by atoms with E-state index in [1.54, 1.807) is 13.0 Å². The van der Waals surface area contributed by atoms with Gasteiger partial charge in [0.25, 0.3) is 11.6 Å². The maximum atomic E-state index is 11.9. The van der Waals surface area contributed by atoms with Crippen LogP contribution in [0.5, 0.6) is 0 Å². The van der Waals surface area contributed by atoms with Crippen LogP contribution >= 0.6 is 11.6 Å². The number of nitro groups is 1. The molecule has 1 aromatic carbocycles. The number of ether oxygens (including phenoxy) is 1. The number of nitro benzene ring substituents is 1. The van der Waals surface area contributed by atoms with Crippen LogP contribution in [0.25, 0.3) is 0 Å². The molecule has 0 unspecified atom stereocenters. The average Bonchev–Trinajstić information content (AvgIpc) is 2.42. The molecule has 20 heavy (non-hydrogen) atoms. The van der Waals surface area contributed by atoms with E-state index >= 15 is 0 Å². The van der Waals surface area contributed by atoms with E-state index in [0.717, 1.165) is 0 Å². The number of hydrogen-bond acceptors (Lipinski definition) is 4. The van der Waals surface area contributed by atoms with Crippen LogP contribution in [0.15, 0.2) is 18.2 Å². The van der Waals surface area contributed by atoms with Gasteiger partial charge in [-0.25, -0.2) is 0 Å². The number of carbonyl (C=O) groups is 1. The summed E-state index contributed by atoms with van der Waals surface area (Å²) in [5.74, 6) is 0.128. The maximum absolute atomic E-state index is 11.9. The number of benzene rings is 1. The standard InChI is InChI=1S/C13H17ClN2O4/c1-10-3-4-11(16(18)19)9-12(10)13(17)15-6-2-7-20-8-5-14/h3-4,9H,2,5-8H2,1H3,(H,15,17). The van der Waals surface area contributed by atoms with Gasteiger partial charge in [-0.1, -0.05) is 6.07 Å². The number of nitrogens with one attached hydrogen (secondary N) is 1. The van der Waals surface area contributed by atoms with E-state index in [1.807, 2.05) is 0 Å². The van der Waals surface area contributed by atoms with Gasteiger partial charge in [0.15, 0.2) is 0 Å². The minimum Gasteiger partial charge on any atom is -0.380 e. The largest absolute Gasteiger partial charge is 0.380 e. The van der Waals surface area contributed by atoms with E-state index in [0.29, 0.717) is 43.2 Å². The Morgan fingerprint density at radius 1 is 1.45 bits per heavy atom. The van der Waals surface area contributed by atoms with Crippen LogP contribution < -0.4 is 5.32 Å². The van der Waals surface area contributed by atoms with Gasteiger partial charge >= 0.3 is 0 Å². The molecule has 0 heterocycles. The Bertz CT molecular complexity index is 479. The van der Waals surface area contributed by atoms with Crippen molar-refractivity contribution in [3.8, 4) is 0 Å². The molecule has 6 nitrogen and oxygen atoms in total. The molecular formula is C13H17ClN2O4. The van der Waals surface area contributed by atoms with Gasteiger partial charge in [0.05, 0.1) is 11.5 Å². The van der Waals surface area contributed by atoms with Crippen molar-refractivity contribution in [1.82, 2.24) is 5.32 Å². The summed E-state index contributed by atoms with van der Waals surface area (Å²) in [5.41, 5.74) is 0.929. The molecule has 1 rings (SSSR count). The van der Waals surface area contributed by atoms with E-state index < -0.39 is 4.92 Å². The molecule has 0 spiro atoms. The summed E-state index contributed by atoms with van der Waals surface area (Å²) in [6.45, 7) is 3.19. The maximum Gasteiger partial charge on any atom is 0.270 e. The lowest BCUT2D eigenvalue weighted by molar-refractivity contribution is -0.384. The van der Waals surface area contributed by atoms with Crippen LogP contribution in [-0.4, -0.2) is 36.5 Å². The fraction of sp³-hybridized carbons (Fsp3) is 0.462. The van der Waals surface area contributed by atoms with Gasteiger partial charge in [-0.2, -0.15) is 0 Å². The normalized spacial score (nSPS) is 10.3. The highest BCUT2D eigenvalue weighted by Crippen LogP contribution is 2.17. The van der Waals surface area contributed by atoms with Crippen molar-refractivity contribution < 1.29 is 14.5 Å². The highest BCUT2D eigenvalue weighted by molar-refractivity contribution is 6.17. The molecule has 0 bridgehead atoms. The van der Waals surface area contributed by atoms with Crippen molar-refractivity contribution >= 4 is 23.2 Å². The molecule has 0 atom stereocenters. The van der Waals surface area contributed by atoms with Crippen LogP contribution in [0.4, 0.5) is 5.69 Å². The van der Waals surface area contributed by atoms with Crippen molar-refractivity contribution in [3.63, 3.8) is 0 Å². The lowest BCUT2D eigenvalue weighted by atomic mass is 10.1. The number of alkyl halides is 1. The summed E-state index contributed by atoms with van der Waals surface area (Å²) in [6, 6.07) is 4.23. The third kappa shape index (κ3) is 5.14. The second-order valence-corrected chi connectivity index (χ2v) is 4.55. The summed E-state index contributed by atoms with van der Waals surface area (Å²) in [7, 11) is 0. The fourth-order valence-electron chi connectivity index (χ4n) is 1.60. The molecule has 7 heteroatoms. The van der Waals surface area contributed by atoms with Crippen molar-refractivity contribution in [2.24, 2.45) is 0 Å². The van der Waals surface area contributed by atoms with Gasteiger partial charge in [0.1, 0.15) is 0 Å². The second kappa shape index (κ2) is 8.50. The molecule has 0 radical (unpaired) electrons. The molecule has 110 valence electrons. The number of aryl methyl sites for hydroxylation is 1. The van der Waals surface area contributed by atoms with Gasteiger partial charge in [0.2, 0.25) is 0 Å². The van der Waals surface area contributed by atoms with E-state index in [9.17, 15) is 14.9 Å². The Morgan fingerprint density at radius 3 is 2.85 bits per heavy atom. The van der Waals surface area contributed by atoms with Crippen molar-refractivity contribution in [3.05, 3.63) is 39.4 Å². The zero-order valence-corrected chi connectivity index (χ0v) is 12.0. The number of non-ortho nitro benzene ring substituents is 1. The van der Waals surface area contributed by atoms with Crippen molar-refractivity contribution in [2.45, 2.75) is 13.3 Å². The molecule has 1 N–H and O–H groups in total. The third-order valence-corrected chi connectivity index (χ3v) is 2.80. The number of halogens is 1. The SMILES string of the molecule is Cc1ccc([N+](=O)[O-])cc1C(=O)NCCCOCCCl. The number of amides is 1. The molecule has 1 aromatic rings. The van der Waals surface area contributed by atoms with E-state index in [4.69, 9.17) is 16.3 Å². The van der Waals surface area contributed by atoms with Crippen molar-refractivity contribution in [2.75, 3.05) is 25.6 Å². The zero-order valence-electron chi connectivity index (χ0n) is 11.2. The monoisotopic (exact) mass is 300 g/mol. The number of hydrogen-bond donors (Lipinski definition) is 1. The number of carbonyl (C=O) groups excluding carboxylic acids is 1. The third-order valence-electron chi connectivity index (χ3n) is 2.65. The van der Waals surface area contributed by atoms with Gasteiger partial charge in [-0.3, -0.25) is 14.9 Å². The quantitative estimate of drug-likeness (QED) is 0.345. The molecule has 0 aliphatic rings. The van der Waals surface area contributed by atoms with Gasteiger partial charge < -0.3 is 10.1 Å². The fourth-order valence-corrected chi connectivity index (χ4v) is 1.71. The molecule has 0 aromatic heterocycles. The van der Waals surface area contributed by atoms with Gasteiger partial charge in [-0.15, -0.1) is 11.6 Å². The Morgan fingerprint density at radius 2 is 2.20 bits per heavy atom. The van der Waals surface area contributed by atoms with Crippen molar-refractivity contribution in [1.29, 1.82) is 0 Å². The molecule has 0 saturated heterocycles. The highest BCUT2D eigenvalue weighted by Gasteiger charge is 2.14. The van der Waals surface area contributed by atoms with E-state index in [-0.39, 0.29) is 11.6 Å². The Balaban J connectivity index is 2.50. The van der Waals surface area contributed by atoms with Crippen LogP contribution in [0.2, 0.25) is 0 Å². The predicted octanol–water partition coefficient (Wildman–Crippen LogP) is 2.28. The van der Waals surface area contributed by atoms with Crippen LogP contribution in [0.3, 0.4) is 0 Å². The van der Waals surface area contributed by atoms with E-state index in [2.05, 4.69) is 5.32 Å². The molecular weight excluding hydrogens is 284 g/mol. The first-order valence-electron chi connectivity index (χ1n) is 6.23. The first-order chi connectivity index (χ1) is 9.56. The van der Waals surface area contributed by atoms with E-state index in [1.165, 1.54) is 12.1 Å². The lowest BCUT2D eigenvalue weighted by Gasteiger charge is -2.07. The molecule has 0 saturated carbocycles. The highest BCUT2D eigenvalue weighted by atomic mass is 35.5. The number of rotatable bonds is 8. The Hall–Kier alpha value is -1.66. The summed E-state index contributed by atoms with van der Waals surface area (Å²) in [6.07, 6.45) is 0.663. The molecule has 0 aliphatic heterocycles. The Kier molecular flexibility index (Phi) is 6.97. The van der Waals surface area contributed by atoms with Crippen LogP contribution in [-0.2, 0) is 4.74 Å². The second-order valence-electron chi connectivity index (χ2n) is 4.17. The average molecular weight is 301 g/mol. The lowest BCUT2D eigenvalue weighted by Crippen LogP contribution is -2.26. The first-order valence-corrected chi connectivity index (χ1v) is 6.76. The minimum atomic E-state index is -0.518. The zero-order chi connectivity index (χ0) is 15.0. The topological polar surface area (TPSA) is 81.5 Å². The first kappa shape index (κ1) is 16.4. The molecule has 0 fully saturated rings.